The van der Waals surface area contributed by atoms with E-state index < -0.39 is 11.6 Å². The number of nitrogens with zero attached hydrogens (tertiary/aromatic N) is 1. The fourth-order valence-electron chi connectivity index (χ4n) is 1.35. The van der Waals surface area contributed by atoms with Gasteiger partial charge in [-0.15, -0.1) is 0 Å². The lowest BCUT2D eigenvalue weighted by atomic mass is 10.1. The highest BCUT2D eigenvalue weighted by atomic mass is 35.5. The van der Waals surface area contributed by atoms with E-state index in [1.54, 1.807) is 0 Å². The quantitative estimate of drug-likeness (QED) is 0.777. The highest BCUT2D eigenvalue weighted by molar-refractivity contribution is 6.29. The molecular formula is C11H7ClF2N2. The minimum atomic E-state index is -0.700. The van der Waals surface area contributed by atoms with Crippen LogP contribution in [0.5, 0.6) is 0 Å². The van der Waals surface area contributed by atoms with Crippen molar-refractivity contribution in [1.29, 1.82) is 0 Å². The van der Waals surface area contributed by atoms with Gasteiger partial charge in [-0.05, 0) is 24.3 Å². The summed E-state index contributed by atoms with van der Waals surface area (Å²) in [5, 5.41) is 0.165. The Kier molecular flexibility index (Phi) is 2.75. The molecule has 2 rings (SSSR count). The van der Waals surface area contributed by atoms with Gasteiger partial charge in [0.05, 0.1) is 5.69 Å². The molecule has 0 fully saturated rings. The van der Waals surface area contributed by atoms with Crippen LogP contribution >= 0.6 is 11.6 Å². The fraction of sp³-hybridized carbons (Fsp3) is 0. The van der Waals surface area contributed by atoms with E-state index in [2.05, 4.69) is 4.98 Å². The Bertz CT molecular complexity index is 523. The molecule has 2 N–H and O–H groups in total. The van der Waals surface area contributed by atoms with Gasteiger partial charge < -0.3 is 5.73 Å². The number of rotatable bonds is 1. The van der Waals surface area contributed by atoms with Gasteiger partial charge >= 0.3 is 0 Å². The van der Waals surface area contributed by atoms with E-state index in [0.29, 0.717) is 5.69 Å². The molecule has 0 unspecified atom stereocenters. The molecule has 1 aromatic carbocycles. The summed E-state index contributed by atoms with van der Waals surface area (Å²) in [7, 11) is 0. The van der Waals surface area contributed by atoms with Crippen molar-refractivity contribution in [2.45, 2.75) is 0 Å². The number of nitrogen functional groups attached to an aromatic ring is 1. The zero-order chi connectivity index (χ0) is 11.7. The predicted octanol–water partition coefficient (Wildman–Crippen LogP) is 3.26. The highest BCUT2D eigenvalue weighted by Gasteiger charge is 2.09. The first kappa shape index (κ1) is 10.8. The lowest BCUT2D eigenvalue weighted by Crippen LogP contribution is -1.93. The zero-order valence-corrected chi connectivity index (χ0v) is 8.80. The SMILES string of the molecule is Nc1cc(Cl)nc(-c2ccc(F)cc2F)c1. The van der Waals surface area contributed by atoms with Crippen LogP contribution in [0, 0.1) is 11.6 Å². The normalized spacial score (nSPS) is 10.4. The topological polar surface area (TPSA) is 38.9 Å². The predicted molar refractivity (Wildman–Crippen MR) is 59.0 cm³/mol. The molecule has 0 aliphatic carbocycles. The van der Waals surface area contributed by atoms with Crippen LogP contribution in [0.15, 0.2) is 30.3 Å². The van der Waals surface area contributed by atoms with Gasteiger partial charge in [0.25, 0.3) is 0 Å². The number of benzene rings is 1. The van der Waals surface area contributed by atoms with E-state index in [0.717, 1.165) is 12.1 Å². The van der Waals surface area contributed by atoms with Gasteiger partial charge in [-0.2, -0.15) is 0 Å². The minimum Gasteiger partial charge on any atom is -0.399 e. The van der Waals surface area contributed by atoms with E-state index in [1.807, 2.05) is 0 Å². The summed E-state index contributed by atoms with van der Waals surface area (Å²) >= 11 is 5.70. The summed E-state index contributed by atoms with van der Waals surface area (Å²) in [5.41, 5.74) is 6.37. The van der Waals surface area contributed by atoms with Crippen LogP contribution in [0.2, 0.25) is 5.15 Å². The summed E-state index contributed by atoms with van der Waals surface area (Å²) < 4.78 is 26.1. The second-order valence-electron chi connectivity index (χ2n) is 3.23. The molecule has 0 aliphatic rings. The highest BCUT2D eigenvalue weighted by Crippen LogP contribution is 2.25. The van der Waals surface area contributed by atoms with Crippen molar-refractivity contribution < 1.29 is 8.78 Å². The molecule has 2 aromatic rings. The molecular weight excluding hydrogens is 234 g/mol. The molecule has 0 aliphatic heterocycles. The number of nitrogens with two attached hydrogens (primary N) is 1. The molecule has 1 aromatic heterocycles. The zero-order valence-electron chi connectivity index (χ0n) is 8.05. The van der Waals surface area contributed by atoms with Crippen molar-refractivity contribution in [2.75, 3.05) is 5.73 Å². The van der Waals surface area contributed by atoms with Crippen molar-refractivity contribution in [3.63, 3.8) is 0 Å². The van der Waals surface area contributed by atoms with Crippen molar-refractivity contribution in [2.24, 2.45) is 0 Å². The maximum atomic E-state index is 13.4. The first-order valence-electron chi connectivity index (χ1n) is 4.45. The van der Waals surface area contributed by atoms with E-state index in [9.17, 15) is 8.78 Å². The maximum absolute atomic E-state index is 13.4. The van der Waals surface area contributed by atoms with Crippen molar-refractivity contribution >= 4 is 17.3 Å². The molecule has 0 radical (unpaired) electrons. The second kappa shape index (κ2) is 4.06. The van der Waals surface area contributed by atoms with Crippen LogP contribution < -0.4 is 5.73 Å². The van der Waals surface area contributed by atoms with Crippen LogP contribution in [-0.4, -0.2) is 4.98 Å². The Morgan fingerprint density at radius 3 is 2.50 bits per heavy atom. The molecule has 1 heterocycles. The Morgan fingerprint density at radius 1 is 1.12 bits per heavy atom. The standard InChI is InChI=1S/C11H7ClF2N2/c12-11-5-7(15)4-10(16-11)8-2-1-6(13)3-9(8)14/h1-5H,(H2,15,16). The van der Waals surface area contributed by atoms with Gasteiger partial charge in [0.15, 0.2) is 0 Å². The number of hydrogen-bond donors (Lipinski definition) is 1. The lowest BCUT2D eigenvalue weighted by Gasteiger charge is -2.04. The molecule has 0 saturated heterocycles. The average molecular weight is 241 g/mol. The van der Waals surface area contributed by atoms with E-state index >= 15 is 0 Å². The monoisotopic (exact) mass is 240 g/mol. The number of hydrogen-bond acceptors (Lipinski definition) is 2. The number of aromatic nitrogens is 1. The first-order valence-corrected chi connectivity index (χ1v) is 4.82. The van der Waals surface area contributed by atoms with Gasteiger partial charge in [-0.25, -0.2) is 13.8 Å². The third-order valence-electron chi connectivity index (χ3n) is 2.02. The van der Waals surface area contributed by atoms with Gasteiger partial charge in [-0.3, -0.25) is 0 Å². The average Bonchev–Trinajstić information content (AvgIpc) is 2.15. The number of anilines is 1. The van der Waals surface area contributed by atoms with Gasteiger partial charge in [0.2, 0.25) is 0 Å². The van der Waals surface area contributed by atoms with Crippen molar-refractivity contribution in [1.82, 2.24) is 4.98 Å². The Labute approximate surface area is 95.7 Å². The smallest absolute Gasteiger partial charge is 0.135 e. The molecule has 2 nitrogen and oxygen atoms in total. The number of halogens is 3. The van der Waals surface area contributed by atoms with E-state index in [4.69, 9.17) is 17.3 Å². The van der Waals surface area contributed by atoms with Crippen molar-refractivity contribution in [3.8, 4) is 11.3 Å². The number of pyridine rings is 1. The molecule has 0 atom stereocenters. The van der Waals surface area contributed by atoms with E-state index in [-0.39, 0.29) is 16.4 Å². The Morgan fingerprint density at radius 2 is 1.88 bits per heavy atom. The van der Waals surface area contributed by atoms with Gasteiger partial charge in [0, 0.05) is 17.3 Å². The van der Waals surface area contributed by atoms with Crippen LogP contribution in [0.4, 0.5) is 14.5 Å². The first-order chi connectivity index (χ1) is 7.56. The summed E-state index contributed by atoms with van der Waals surface area (Å²) in [6, 6.07) is 6.16. The molecule has 0 bridgehead atoms. The Balaban J connectivity index is 2.58. The second-order valence-corrected chi connectivity index (χ2v) is 3.62. The molecule has 0 spiro atoms. The minimum absolute atomic E-state index is 0.163. The maximum Gasteiger partial charge on any atom is 0.135 e. The molecule has 82 valence electrons. The summed E-state index contributed by atoms with van der Waals surface area (Å²) in [5.74, 6) is -1.34. The molecule has 0 saturated carbocycles. The van der Waals surface area contributed by atoms with Gasteiger partial charge in [-0.1, -0.05) is 11.6 Å². The molecule has 16 heavy (non-hydrogen) atoms. The third kappa shape index (κ3) is 2.12. The largest absolute Gasteiger partial charge is 0.399 e. The Hall–Kier alpha value is -1.68. The van der Waals surface area contributed by atoms with Crippen LogP contribution in [0.1, 0.15) is 0 Å². The fourth-order valence-corrected chi connectivity index (χ4v) is 1.57. The van der Waals surface area contributed by atoms with Crippen LogP contribution in [0.3, 0.4) is 0 Å². The third-order valence-corrected chi connectivity index (χ3v) is 2.22. The molecule has 5 heteroatoms. The van der Waals surface area contributed by atoms with Gasteiger partial charge in [0.1, 0.15) is 16.8 Å². The van der Waals surface area contributed by atoms with Crippen molar-refractivity contribution in [3.05, 3.63) is 47.1 Å². The van der Waals surface area contributed by atoms with Crippen LogP contribution in [-0.2, 0) is 0 Å². The van der Waals surface area contributed by atoms with Crippen LogP contribution in [0.25, 0.3) is 11.3 Å². The van der Waals surface area contributed by atoms with E-state index in [1.165, 1.54) is 18.2 Å². The molecule has 0 amide bonds. The lowest BCUT2D eigenvalue weighted by molar-refractivity contribution is 0.585. The summed E-state index contributed by atoms with van der Waals surface area (Å²) in [6.45, 7) is 0. The summed E-state index contributed by atoms with van der Waals surface area (Å²) in [4.78, 5) is 3.92. The summed E-state index contributed by atoms with van der Waals surface area (Å²) in [6.07, 6.45) is 0.